The van der Waals surface area contributed by atoms with Crippen molar-refractivity contribution in [1.29, 1.82) is 0 Å². The standard InChI is InChI=1S/C15H20ClNO3/c1-17-8-3-2-4-12(17)7-9-20-14-6-5-11(15(18)19)10-13(14)16/h5-6,10,12H,2-4,7-9H2,1H3,(H,18,19). The van der Waals surface area contributed by atoms with Gasteiger partial charge in [0.1, 0.15) is 5.75 Å². The molecular formula is C15H20ClNO3. The summed E-state index contributed by atoms with van der Waals surface area (Å²) in [7, 11) is 2.15. The van der Waals surface area contributed by atoms with E-state index in [9.17, 15) is 4.79 Å². The van der Waals surface area contributed by atoms with Gasteiger partial charge in [0.05, 0.1) is 17.2 Å². The maximum atomic E-state index is 10.8. The first-order chi connectivity index (χ1) is 9.58. The van der Waals surface area contributed by atoms with Crippen molar-refractivity contribution in [1.82, 2.24) is 4.90 Å². The van der Waals surface area contributed by atoms with Crippen molar-refractivity contribution in [2.75, 3.05) is 20.2 Å². The Hall–Kier alpha value is -1.26. The molecule has 0 aromatic heterocycles. The molecule has 4 nitrogen and oxygen atoms in total. The predicted octanol–water partition coefficient (Wildman–Crippen LogP) is 3.29. The van der Waals surface area contributed by atoms with Gasteiger partial charge in [0, 0.05) is 6.04 Å². The lowest BCUT2D eigenvalue weighted by atomic mass is 10.0. The number of piperidine rings is 1. The number of carbonyl (C=O) groups is 1. The molecule has 0 spiro atoms. The van der Waals surface area contributed by atoms with Gasteiger partial charge >= 0.3 is 5.97 Å². The molecule has 0 aliphatic carbocycles. The summed E-state index contributed by atoms with van der Waals surface area (Å²) >= 11 is 6.02. The van der Waals surface area contributed by atoms with Crippen molar-refractivity contribution in [3.05, 3.63) is 28.8 Å². The maximum Gasteiger partial charge on any atom is 0.335 e. The van der Waals surface area contributed by atoms with E-state index in [0.29, 0.717) is 23.4 Å². The van der Waals surface area contributed by atoms with Gasteiger partial charge in [-0.2, -0.15) is 0 Å². The molecule has 1 aromatic carbocycles. The van der Waals surface area contributed by atoms with Crippen molar-refractivity contribution in [2.24, 2.45) is 0 Å². The Balaban J connectivity index is 1.86. The maximum absolute atomic E-state index is 10.8. The van der Waals surface area contributed by atoms with Gasteiger partial charge in [0.2, 0.25) is 0 Å². The van der Waals surface area contributed by atoms with E-state index in [-0.39, 0.29) is 5.56 Å². The minimum atomic E-state index is -0.984. The molecule has 1 heterocycles. The first-order valence-corrected chi connectivity index (χ1v) is 7.31. The number of aromatic carboxylic acids is 1. The Morgan fingerprint density at radius 1 is 1.50 bits per heavy atom. The van der Waals surface area contributed by atoms with Gasteiger partial charge in [-0.25, -0.2) is 4.79 Å². The van der Waals surface area contributed by atoms with Gasteiger partial charge in [-0.3, -0.25) is 0 Å². The fraction of sp³-hybridized carbons (Fsp3) is 0.533. The number of hydrogen-bond donors (Lipinski definition) is 1. The average Bonchev–Trinajstić information content (AvgIpc) is 2.42. The van der Waals surface area contributed by atoms with Gasteiger partial charge in [-0.15, -0.1) is 0 Å². The van der Waals surface area contributed by atoms with Crippen molar-refractivity contribution in [2.45, 2.75) is 31.7 Å². The summed E-state index contributed by atoms with van der Waals surface area (Å²) in [5.41, 5.74) is 0.175. The summed E-state index contributed by atoms with van der Waals surface area (Å²) in [5, 5.41) is 9.22. The minimum absolute atomic E-state index is 0.175. The third-order valence-corrected chi connectivity index (χ3v) is 4.10. The Morgan fingerprint density at radius 2 is 2.30 bits per heavy atom. The molecule has 1 atom stereocenters. The molecule has 2 rings (SSSR count). The van der Waals surface area contributed by atoms with E-state index in [4.69, 9.17) is 21.4 Å². The van der Waals surface area contributed by atoms with Crippen LogP contribution in [-0.2, 0) is 0 Å². The first kappa shape index (κ1) is 15.1. The molecule has 0 saturated carbocycles. The summed E-state index contributed by atoms with van der Waals surface area (Å²) in [6.07, 6.45) is 4.73. The molecule has 1 aromatic rings. The number of likely N-dealkylation sites (tertiary alicyclic amines) is 1. The zero-order valence-electron chi connectivity index (χ0n) is 11.6. The minimum Gasteiger partial charge on any atom is -0.492 e. The van der Waals surface area contributed by atoms with E-state index in [2.05, 4.69) is 11.9 Å². The molecule has 0 amide bonds. The molecule has 20 heavy (non-hydrogen) atoms. The van der Waals surface area contributed by atoms with Gasteiger partial charge < -0.3 is 14.7 Å². The predicted molar refractivity (Wildman–Crippen MR) is 78.8 cm³/mol. The second-order valence-electron chi connectivity index (χ2n) is 5.22. The number of nitrogens with zero attached hydrogens (tertiary/aromatic N) is 1. The summed E-state index contributed by atoms with van der Waals surface area (Å²) in [4.78, 5) is 13.2. The van der Waals surface area contributed by atoms with E-state index in [1.54, 1.807) is 6.07 Å². The zero-order chi connectivity index (χ0) is 14.5. The quantitative estimate of drug-likeness (QED) is 0.906. The Bertz CT molecular complexity index is 478. The number of carboxylic acids is 1. The van der Waals surface area contributed by atoms with E-state index >= 15 is 0 Å². The molecule has 0 bridgehead atoms. The lowest BCUT2D eigenvalue weighted by Gasteiger charge is -2.32. The number of ether oxygens (including phenoxy) is 1. The number of rotatable bonds is 5. The Labute approximate surface area is 124 Å². The van der Waals surface area contributed by atoms with Crippen LogP contribution in [0.25, 0.3) is 0 Å². The number of halogens is 1. The SMILES string of the molecule is CN1CCCCC1CCOc1ccc(C(=O)O)cc1Cl. The summed E-state index contributed by atoms with van der Waals surface area (Å²) in [6.45, 7) is 1.75. The highest BCUT2D eigenvalue weighted by molar-refractivity contribution is 6.32. The number of benzene rings is 1. The zero-order valence-corrected chi connectivity index (χ0v) is 12.4. The van der Waals surface area contributed by atoms with E-state index < -0.39 is 5.97 Å². The molecule has 5 heteroatoms. The molecule has 1 unspecified atom stereocenters. The average molecular weight is 298 g/mol. The van der Waals surface area contributed by atoms with Crippen LogP contribution in [0.4, 0.5) is 0 Å². The van der Waals surface area contributed by atoms with E-state index in [1.807, 2.05) is 0 Å². The molecular weight excluding hydrogens is 278 g/mol. The van der Waals surface area contributed by atoms with Crippen LogP contribution < -0.4 is 4.74 Å². The van der Waals surface area contributed by atoms with Crippen LogP contribution in [0.2, 0.25) is 5.02 Å². The van der Waals surface area contributed by atoms with Gasteiger partial charge in [0.15, 0.2) is 0 Å². The Kier molecular flexibility index (Phi) is 5.26. The molecule has 110 valence electrons. The molecule has 0 radical (unpaired) electrons. The molecule has 1 fully saturated rings. The van der Waals surface area contributed by atoms with Crippen LogP contribution in [0, 0.1) is 0 Å². The van der Waals surface area contributed by atoms with Crippen molar-refractivity contribution >= 4 is 17.6 Å². The van der Waals surface area contributed by atoms with Crippen LogP contribution in [0.3, 0.4) is 0 Å². The first-order valence-electron chi connectivity index (χ1n) is 6.94. The van der Waals surface area contributed by atoms with Crippen molar-refractivity contribution < 1.29 is 14.6 Å². The van der Waals surface area contributed by atoms with Gasteiger partial charge in [0.25, 0.3) is 0 Å². The second-order valence-corrected chi connectivity index (χ2v) is 5.62. The highest BCUT2D eigenvalue weighted by atomic mass is 35.5. The van der Waals surface area contributed by atoms with Gasteiger partial charge in [-0.1, -0.05) is 18.0 Å². The third kappa shape index (κ3) is 3.87. The number of carboxylic acid groups (broad SMARTS) is 1. The van der Waals surface area contributed by atoms with Crippen LogP contribution >= 0.6 is 11.6 Å². The lowest BCUT2D eigenvalue weighted by Crippen LogP contribution is -2.37. The smallest absolute Gasteiger partial charge is 0.335 e. The topological polar surface area (TPSA) is 49.8 Å². The summed E-state index contributed by atoms with van der Waals surface area (Å²) < 4.78 is 5.67. The van der Waals surface area contributed by atoms with Crippen LogP contribution in [0.1, 0.15) is 36.0 Å². The highest BCUT2D eigenvalue weighted by Crippen LogP contribution is 2.26. The van der Waals surface area contributed by atoms with Crippen LogP contribution in [-0.4, -0.2) is 42.2 Å². The van der Waals surface area contributed by atoms with Crippen molar-refractivity contribution in [3.8, 4) is 5.75 Å². The van der Waals surface area contributed by atoms with Crippen LogP contribution in [0.15, 0.2) is 18.2 Å². The van der Waals surface area contributed by atoms with E-state index in [1.165, 1.54) is 31.4 Å². The fourth-order valence-corrected chi connectivity index (χ4v) is 2.80. The Morgan fingerprint density at radius 3 is 2.95 bits per heavy atom. The van der Waals surface area contributed by atoms with Crippen molar-refractivity contribution in [3.63, 3.8) is 0 Å². The normalized spacial score (nSPS) is 19.8. The largest absolute Gasteiger partial charge is 0.492 e. The molecule has 1 aliphatic rings. The highest BCUT2D eigenvalue weighted by Gasteiger charge is 2.18. The van der Waals surface area contributed by atoms with E-state index in [0.717, 1.165) is 13.0 Å². The van der Waals surface area contributed by atoms with Gasteiger partial charge in [-0.05, 0) is 51.1 Å². The van der Waals surface area contributed by atoms with Crippen LogP contribution in [0.5, 0.6) is 5.75 Å². The summed E-state index contributed by atoms with van der Waals surface area (Å²) in [5.74, 6) is -0.433. The molecule has 1 N–H and O–H groups in total. The monoisotopic (exact) mass is 297 g/mol. The summed E-state index contributed by atoms with van der Waals surface area (Å²) in [6, 6.07) is 5.12. The fourth-order valence-electron chi connectivity index (χ4n) is 2.56. The lowest BCUT2D eigenvalue weighted by molar-refractivity contribution is 0.0697. The number of hydrogen-bond acceptors (Lipinski definition) is 3. The molecule has 1 aliphatic heterocycles. The molecule has 1 saturated heterocycles. The second kappa shape index (κ2) is 6.95. The third-order valence-electron chi connectivity index (χ3n) is 3.81.